The highest BCUT2D eigenvalue weighted by Gasteiger charge is 2.30. The summed E-state index contributed by atoms with van der Waals surface area (Å²) in [5, 5.41) is 3.00. The number of amides is 1. The Kier molecular flexibility index (Phi) is 54.9. The summed E-state index contributed by atoms with van der Waals surface area (Å²) in [6.45, 7) is 6.81. The van der Waals surface area contributed by atoms with Gasteiger partial charge in [-0.1, -0.05) is 260 Å². The van der Waals surface area contributed by atoms with Gasteiger partial charge in [0.15, 0.2) is 0 Å². The lowest BCUT2D eigenvalue weighted by atomic mass is 10.0. The van der Waals surface area contributed by atoms with Gasteiger partial charge in [0.1, 0.15) is 19.3 Å². The molecule has 3 atom stereocenters. The number of unbranched alkanes of at least 4 members (excludes halogenated alkanes) is 27. The molecule has 0 saturated heterocycles. The van der Waals surface area contributed by atoms with Gasteiger partial charge in [-0.3, -0.25) is 18.6 Å². The summed E-state index contributed by atoms with van der Waals surface area (Å²) in [5.74, 6) is -0.602. The number of quaternary nitrogens is 1. The summed E-state index contributed by atoms with van der Waals surface area (Å²) in [6.07, 6.45) is 77.3. The number of allylic oxidation sites excluding steroid dienone is 15. The second-order valence-electron chi connectivity index (χ2n) is 22.5. The van der Waals surface area contributed by atoms with Gasteiger partial charge in [0.2, 0.25) is 5.91 Å². The van der Waals surface area contributed by atoms with Crippen molar-refractivity contribution in [2.24, 2.45) is 0 Å². The number of nitrogens with zero attached hydrogens (tertiary/aromatic N) is 1. The van der Waals surface area contributed by atoms with E-state index in [1.807, 2.05) is 39.4 Å². The molecule has 10 heteroatoms. The van der Waals surface area contributed by atoms with Crippen molar-refractivity contribution in [2.75, 3.05) is 40.9 Å². The van der Waals surface area contributed by atoms with Gasteiger partial charge >= 0.3 is 13.8 Å². The normalized spacial score (nSPS) is 14.3. The van der Waals surface area contributed by atoms with Crippen molar-refractivity contribution in [1.29, 1.82) is 0 Å². The molecule has 0 heterocycles. The van der Waals surface area contributed by atoms with Crippen molar-refractivity contribution in [3.8, 4) is 0 Å². The molecular formula is C68H122N2O7P+. The van der Waals surface area contributed by atoms with E-state index in [0.717, 1.165) is 77.0 Å². The highest BCUT2D eigenvalue weighted by atomic mass is 31.2. The molecule has 2 N–H and O–H groups in total. The van der Waals surface area contributed by atoms with E-state index in [1.165, 1.54) is 154 Å². The summed E-state index contributed by atoms with van der Waals surface area (Å²) >= 11 is 0. The number of carbonyl (C=O) groups excluding carboxylic acids is 2. The lowest BCUT2D eigenvalue weighted by Crippen LogP contribution is -2.47. The van der Waals surface area contributed by atoms with Crippen molar-refractivity contribution in [2.45, 2.75) is 283 Å². The zero-order chi connectivity index (χ0) is 57.2. The van der Waals surface area contributed by atoms with E-state index in [-0.39, 0.29) is 37.9 Å². The Morgan fingerprint density at radius 1 is 0.462 bits per heavy atom. The molecule has 0 rings (SSSR count). The number of rotatable bonds is 57. The van der Waals surface area contributed by atoms with E-state index in [1.54, 1.807) is 0 Å². The third-order valence-corrected chi connectivity index (χ3v) is 14.8. The van der Waals surface area contributed by atoms with Crippen LogP contribution in [0.15, 0.2) is 97.2 Å². The highest BCUT2D eigenvalue weighted by molar-refractivity contribution is 7.47. The van der Waals surface area contributed by atoms with E-state index in [4.69, 9.17) is 13.8 Å². The van der Waals surface area contributed by atoms with Gasteiger partial charge in [0.25, 0.3) is 0 Å². The fraction of sp³-hybridized carbons (Fsp3) is 0.735. The van der Waals surface area contributed by atoms with Crippen LogP contribution in [-0.4, -0.2) is 74.3 Å². The largest absolute Gasteiger partial charge is 0.472 e. The van der Waals surface area contributed by atoms with Gasteiger partial charge in [0, 0.05) is 12.8 Å². The number of hydrogen-bond donors (Lipinski definition) is 2. The molecule has 1 amide bonds. The Bertz CT molecular complexity index is 1660. The minimum Gasteiger partial charge on any atom is -0.456 e. The molecule has 450 valence electrons. The van der Waals surface area contributed by atoms with Crippen molar-refractivity contribution >= 4 is 19.7 Å². The van der Waals surface area contributed by atoms with Crippen LogP contribution in [0.1, 0.15) is 271 Å². The number of phosphoric acid groups is 1. The van der Waals surface area contributed by atoms with Gasteiger partial charge in [0.05, 0.1) is 33.8 Å². The topological polar surface area (TPSA) is 111 Å². The van der Waals surface area contributed by atoms with Crippen LogP contribution in [0.3, 0.4) is 0 Å². The third kappa shape index (κ3) is 57.6. The van der Waals surface area contributed by atoms with Crippen molar-refractivity contribution in [3.63, 3.8) is 0 Å². The second-order valence-corrected chi connectivity index (χ2v) is 24.0. The Morgan fingerprint density at radius 3 is 1.28 bits per heavy atom. The van der Waals surface area contributed by atoms with E-state index in [9.17, 15) is 19.0 Å². The van der Waals surface area contributed by atoms with Gasteiger partial charge in [-0.05, 0) is 96.0 Å². The van der Waals surface area contributed by atoms with E-state index < -0.39 is 20.0 Å². The monoisotopic (exact) mass is 1110 g/mol. The van der Waals surface area contributed by atoms with Gasteiger partial charge in [-0.25, -0.2) is 4.57 Å². The molecule has 0 aromatic carbocycles. The van der Waals surface area contributed by atoms with Crippen LogP contribution in [0.25, 0.3) is 0 Å². The SMILES string of the molecule is CC/C=C/C/C=C/C/C=C/C/C=C/C/C=C/CCC(=O)NC(COP(=O)(O)OCC[N+](C)(C)C)C(/C=C\CCCCCCCCCCC)OC(=O)CCCCCCCCCCCCCCCCC/C=C\C/C=C\CCCCC. The molecule has 78 heavy (non-hydrogen) atoms. The molecule has 0 bridgehead atoms. The quantitative estimate of drug-likeness (QED) is 0.0205. The summed E-state index contributed by atoms with van der Waals surface area (Å²) in [7, 11) is 1.44. The third-order valence-electron chi connectivity index (χ3n) is 13.8. The number of hydrogen-bond acceptors (Lipinski definition) is 6. The first-order valence-corrected chi connectivity index (χ1v) is 33.6. The van der Waals surface area contributed by atoms with E-state index in [2.05, 4.69) is 105 Å². The summed E-state index contributed by atoms with van der Waals surface area (Å²) in [5.41, 5.74) is 0. The number of nitrogens with one attached hydrogen (secondary N) is 1. The number of esters is 1. The Labute approximate surface area is 481 Å². The summed E-state index contributed by atoms with van der Waals surface area (Å²) < 4.78 is 30.6. The van der Waals surface area contributed by atoms with Crippen LogP contribution in [0, 0.1) is 0 Å². The highest BCUT2D eigenvalue weighted by Crippen LogP contribution is 2.43. The fourth-order valence-electron chi connectivity index (χ4n) is 8.84. The number of likely N-dealkylation sites (N-methyl/N-ethyl adjacent to an activating group) is 1. The Balaban J connectivity index is 5.16. The second kappa shape index (κ2) is 57.2. The fourth-order valence-corrected chi connectivity index (χ4v) is 9.58. The number of phosphoric ester groups is 1. The van der Waals surface area contributed by atoms with Crippen LogP contribution in [0.4, 0.5) is 0 Å². The molecule has 0 aliphatic rings. The zero-order valence-corrected chi connectivity index (χ0v) is 52.3. The standard InChI is InChI=1S/C68H121N2O7P/c1-7-10-13-16-19-22-25-27-29-31-32-33-34-35-36-37-38-39-41-43-46-49-52-55-58-61-68(72)77-66(59-56-53-50-47-44-24-21-18-15-12-9-3)65(64-76-78(73,74)75-63-62-70(4,5)6)69-67(71)60-57-54-51-48-45-42-40-30-28-26-23-20-17-14-11-8-2/h11,14,19-20,22-23,27-30,42,45,51,54,56,59,65-66H,7-10,12-13,15-18,21,24-26,31-41,43-44,46-50,52-53,55,57-58,60-64H2,1-6H3,(H-,69,71,73,74)/p+1/b14-11+,22-19-,23-20+,29-27-,30-28+,45-42+,54-51+,59-56-. The first-order chi connectivity index (χ1) is 37.9. The Hall–Kier alpha value is -3.07. The molecule has 0 fully saturated rings. The van der Waals surface area contributed by atoms with Crippen molar-refractivity contribution < 1.29 is 37.3 Å². The molecule has 0 saturated carbocycles. The van der Waals surface area contributed by atoms with Crippen LogP contribution < -0.4 is 5.32 Å². The smallest absolute Gasteiger partial charge is 0.456 e. The lowest BCUT2D eigenvalue weighted by molar-refractivity contribution is -0.870. The Morgan fingerprint density at radius 2 is 0.833 bits per heavy atom. The molecule has 0 aliphatic heterocycles. The van der Waals surface area contributed by atoms with Gasteiger partial charge in [-0.2, -0.15) is 0 Å². The van der Waals surface area contributed by atoms with Crippen molar-refractivity contribution in [3.05, 3.63) is 97.2 Å². The van der Waals surface area contributed by atoms with Gasteiger partial charge in [-0.15, -0.1) is 0 Å². The average molecular weight is 1110 g/mol. The summed E-state index contributed by atoms with van der Waals surface area (Å²) in [4.78, 5) is 37.7. The van der Waals surface area contributed by atoms with Crippen LogP contribution in [0.2, 0.25) is 0 Å². The molecular weight excluding hydrogens is 988 g/mol. The minimum atomic E-state index is -4.47. The molecule has 0 radical (unpaired) electrons. The maximum atomic E-state index is 13.5. The first-order valence-electron chi connectivity index (χ1n) is 32.1. The lowest BCUT2D eigenvalue weighted by Gasteiger charge is -2.27. The predicted molar refractivity (Wildman–Crippen MR) is 337 cm³/mol. The van der Waals surface area contributed by atoms with E-state index in [0.29, 0.717) is 17.4 Å². The molecule has 0 aromatic rings. The summed E-state index contributed by atoms with van der Waals surface area (Å²) in [6, 6.07) is -0.892. The molecule has 0 aliphatic carbocycles. The molecule has 0 spiro atoms. The number of carbonyl (C=O) groups is 2. The van der Waals surface area contributed by atoms with Crippen molar-refractivity contribution in [1.82, 2.24) is 5.32 Å². The average Bonchev–Trinajstić information content (AvgIpc) is 3.40. The zero-order valence-electron chi connectivity index (χ0n) is 51.4. The molecule has 3 unspecified atom stereocenters. The maximum absolute atomic E-state index is 13.5. The number of ether oxygens (including phenoxy) is 1. The predicted octanol–water partition coefficient (Wildman–Crippen LogP) is 19.9. The van der Waals surface area contributed by atoms with Crippen LogP contribution in [0.5, 0.6) is 0 Å². The van der Waals surface area contributed by atoms with Crippen LogP contribution >= 0.6 is 7.82 Å². The molecule has 0 aromatic heterocycles. The van der Waals surface area contributed by atoms with Gasteiger partial charge < -0.3 is 19.4 Å². The molecule has 9 nitrogen and oxygen atoms in total. The minimum absolute atomic E-state index is 0.0236. The van der Waals surface area contributed by atoms with Crippen LogP contribution in [-0.2, 0) is 27.9 Å². The maximum Gasteiger partial charge on any atom is 0.472 e. The first kappa shape index (κ1) is 74.9. The van der Waals surface area contributed by atoms with E-state index >= 15 is 0 Å².